The lowest BCUT2D eigenvalue weighted by molar-refractivity contribution is 0.0646. The molecule has 0 saturated heterocycles. The van der Waals surface area contributed by atoms with Crippen LogP contribution in [0, 0.1) is 5.41 Å². The number of amides is 1. The molecule has 0 spiro atoms. The van der Waals surface area contributed by atoms with Crippen molar-refractivity contribution in [2.75, 3.05) is 14.2 Å². The summed E-state index contributed by atoms with van der Waals surface area (Å²) in [5.41, 5.74) is 4.08. The summed E-state index contributed by atoms with van der Waals surface area (Å²) >= 11 is 1.54. The molecule has 35 heavy (non-hydrogen) atoms. The number of aromatic nitrogens is 2. The monoisotopic (exact) mass is 494 g/mol. The smallest absolute Gasteiger partial charge is 0.274 e. The molecule has 0 saturated carbocycles. The molecule has 0 fully saturated rings. The summed E-state index contributed by atoms with van der Waals surface area (Å²) in [5, 5.41) is 27.3. The van der Waals surface area contributed by atoms with Crippen molar-refractivity contribution >= 4 is 28.5 Å². The Bertz CT molecular complexity index is 1340. The Hall–Kier alpha value is -3.59. The lowest BCUT2D eigenvalue weighted by Crippen LogP contribution is -2.43. The van der Waals surface area contributed by atoms with E-state index in [0.717, 1.165) is 11.4 Å². The van der Waals surface area contributed by atoms with Gasteiger partial charge in [-0.1, -0.05) is 0 Å². The van der Waals surface area contributed by atoms with Crippen LogP contribution >= 0.6 is 11.3 Å². The van der Waals surface area contributed by atoms with Gasteiger partial charge in [0, 0.05) is 52.0 Å². The fraction of sp³-hybridized carbons (Fsp3) is 0.346. The van der Waals surface area contributed by atoms with Crippen molar-refractivity contribution in [1.29, 1.82) is 5.41 Å². The molecule has 3 heterocycles. The molecule has 0 unspecified atom stereocenters. The first-order valence-corrected chi connectivity index (χ1v) is 12.1. The normalized spacial score (nSPS) is 13.3. The lowest BCUT2D eigenvalue weighted by Gasteiger charge is -2.31. The Morgan fingerprint density at radius 2 is 2.03 bits per heavy atom. The van der Waals surface area contributed by atoms with Gasteiger partial charge in [-0.15, -0.1) is 0 Å². The maximum atomic E-state index is 13.5. The fourth-order valence-corrected chi connectivity index (χ4v) is 4.73. The SMILES string of the molecule is COc1cc2c(cc1/C(C(C)=N)=C(\C)O)-c1c(c(C(=O)N(C)C(C)(C)C)nn1-c1ccsc1)CO2. The van der Waals surface area contributed by atoms with Gasteiger partial charge in [0.1, 0.15) is 18.1 Å². The molecule has 0 atom stereocenters. The summed E-state index contributed by atoms with van der Waals surface area (Å²) in [6.07, 6.45) is 0. The molecule has 1 amide bonds. The van der Waals surface area contributed by atoms with Gasteiger partial charge in [0.2, 0.25) is 0 Å². The number of hydrogen-bond acceptors (Lipinski definition) is 7. The van der Waals surface area contributed by atoms with E-state index in [-0.39, 0.29) is 29.5 Å². The molecule has 0 aliphatic carbocycles. The zero-order chi connectivity index (χ0) is 25.7. The minimum absolute atomic E-state index is 0.0155. The molecule has 9 heteroatoms. The zero-order valence-corrected chi connectivity index (χ0v) is 21.8. The van der Waals surface area contributed by atoms with Gasteiger partial charge in [-0.25, -0.2) is 4.68 Å². The molecule has 4 rings (SSSR count). The van der Waals surface area contributed by atoms with Crippen LogP contribution in [-0.4, -0.2) is 51.1 Å². The number of rotatable bonds is 5. The van der Waals surface area contributed by atoms with Crippen LogP contribution in [0.5, 0.6) is 11.5 Å². The third kappa shape index (κ3) is 4.20. The molecule has 0 radical (unpaired) electrons. The number of fused-ring (bicyclic) bond motifs is 3. The van der Waals surface area contributed by atoms with Crippen molar-refractivity contribution in [2.45, 2.75) is 46.8 Å². The van der Waals surface area contributed by atoms with Crippen molar-refractivity contribution < 1.29 is 19.4 Å². The van der Waals surface area contributed by atoms with E-state index in [9.17, 15) is 9.90 Å². The molecule has 0 bridgehead atoms. The highest BCUT2D eigenvalue weighted by atomic mass is 32.1. The van der Waals surface area contributed by atoms with Crippen LogP contribution in [0.3, 0.4) is 0 Å². The van der Waals surface area contributed by atoms with E-state index in [2.05, 4.69) is 0 Å². The molecule has 2 aromatic heterocycles. The molecular weight excluding hydrogens is 464 g/mol. The zero-order valence-electron chi connectivity index (χ0n) is 21.0. The Kier molecular flexibility index (Phi) is 6.23. The summed E-state index contributed by atoms with van der Waals surface area (Å²) < 4.78 is 13.5. The van der Waals surface area contributed by atoms with Gasteiger partial charge in [0.05, 0.1) is 24.3 Å². The first kappa shape index (κ1) is 24.5. The highest BCUT2D eigenvalue weighted by Gasteiger charge is 2.35. The standard InChI is InChI=1S/C26H30N4O4S/c1-14(27)22(15(2)31)17-10-18-21(11-20(17)33-7)34-12-19-23(25(32)29(6)26(3,4)5)28-30(24(18)19)16-8-9-35-13-16/h8-11,13,27,31H,12H2,1-7H3/b22-15+,27-14?. The summed E-state index contributed by atoms with van der Waals surface area (Å²) in [6, 6.07) is 5.54. The maximum Gasteiger partial charge on any atom is 0.274 e. The van der Waals surface area contributed by atoms with Crippen LogP contribution < -0.4 is 9.47 Å². The summed E-state index contributed by atoms with van der Waals surface area (Å²) in [5.74, 6) is 0.884. The minimum Gasteiger partial charge on any atom is -0.512 e. The molecule has 2 N–H and O–H groups in total. The number of nitrogens with one attached hydrogen (secondary N) is 1. The van der Waals surface area contributed by atoms with Crippen LogP contribution in [0.1, 0.15) is 56.2 Å². The topological polar surface area (TPSA) is 101 Å². The summed E-state index contributed by atoms with van der Waals surface area (Å²) in [7, 11) is 3.31. The Labute approximate surface area is 208 Å². The van der Waals surface area contributed by atoms with E-state index in [1.165, 1.54) is 7.11 Å². The van der Waals surface area contributed by atoms with Gasteiger partial charge in [-0.3, -0.25) is 4.79 Å². The number of allylic oxidation sites excluding steroid dienone is 2. The van der Waals surface area contributed by atoms with E-state index in [0.29, 0.717) is 39.5 Å². The number of ether oxygens (including phenoxy) is 2. The van der Waals surface area contributed by atoms with Gasteiger partial charge >= 0.3 is 0 Å². The maximum absolute atomic E-state index is 13.5. The number of nitrogens with zero attached hydrogens (tertiary/aromatic N) is 3. The average molecular weight is 495 g/mol. The minimum atomic E-state index is -0.385. The number of aliphatic hydroxyl groups is 1. The summed E-state index contributed by atoms with van der Waals surface area (Å²) in [6.45, 7) is 9.26. The third-order valence-electron chi connectivity index (χ3n) is 6.18. The molecule has 1 aliphatic heterocycles. The quantitative estimate of drug-likeness (QED) is 0.350. The van der Waals surface area contributed by atoms with Gasteiger partial charge in [-0.05, 0) is 52.1 Å². The molecule has 3 aromatic rings. The van der Waals surface area contributed by atoms with Crippen LogP contribution in [0.4, 0.5) is 0 Å². The number of thiophene rings is 1. The van der Waals surface area contributed by atoms with Crippen LogP contribution in [0.2, 0.25) is 0 Å². The van der Waals surface area contributed by atoms with Gasteiger partial charge in [0.15, 0.2) is 5.69 Å². The predicted molar refractivity (Wildman–Crippen MR) is 138 cm³/mol. The van der Waals surface area contributed by atoms with Crippen molar-refractivity contribution in [1.82, 2.24) is 14.7 Å². The first-order valence-electron chi connectivity index (χ1n) is 11.2. The second-order valence-corrected chi connectivity index (χ2v) is 10.3. The highest BCUT2D eigenvalue weighted by Crippen LogP contribution is 2.45. The second-order valence-electron chi connectivity index (χ2n) is 9.53. The largest absolute Gasteiger partial charge is 0.512 e. The number of aliphatic hydroxyl groups excluding tert-OH is 1. The fourth-order valence-electron chi connectivity index (χ4n) is 4.11. The van der Waals surface area contributed by atoms with E-state index in [1.54, 1.807) is 47.9 Å². The van der Waals surface area contributed by atoms with Crippen LogP contribution in [-0.2, 0) is 6.61 Å². The van der Waals surface area contributed by atoms with E-state index >= 15 is 0 Å². The van der Waals surface area contributed by atoms with Crippen molar-refractivity contribution in [3.8, 4) is 28.4 Å². The molecule has 184 valence electrons. The highest BCUT2D eigenvalue weighted by molar-refractivity contribution is 7.08. The number of carbonyl (C=O) groups excluding carboxylic acids is 1. The van der Waals surface area contributed by atoms with Gasteiger partial charge < -0.3 is 24.9 Å². The Morgan fingerprint density at radius 1 is 1.31 bits per heavy atom. The average Bonchev–Trinajstić information content (AvgIpc) is 3.44. The van der Waals surface area contributed by atoms with E-state index < -0.39 is 0 Å². The number of hydrogen-bond donors (Lipinski definition) is 2. The Balaban J connectivity index is 2.02. The van der Waals surface area contributed by atoms with Gasteiger partial charge in [0.25, 0.3) is 5.91 Å². The Morgan fingerprint density at radius 3 is 2.57 bits per heavy atom. The number of benzene rings is 1. The molecule has 8 nitrogen and oxygen atoms in total. The molecule has 1 aliphatic rings. The number of carbonyl (C=O) groups is 1. The van der Waals surface area contributed by atoms with Crippen LogP contribution in [0.25, 0.3) is 22.5 Å². The van der Waals surface area contributed by atoms with Crippen molar-refractivity contribution in [2.24, 2.45) is 0 Å². The van der Waals surface area contributed by atoms with E-state index in [4.69, 9.17) is 20.0 Å². The third-order valence-corrected chi connectivity index (χ3v) is 6.85. The molecular formula is C26H30N4O4S. The summed E-state index contributed by atoms with van der Waals surface area (Å²) in [4.78, 5) is 15.2. The first-order chi connectivity index (χ1) is 16.5. The van der Waals surface area contributed by atoms with Gasteiger partial charge in [-0.2, -0.15) is 16.4 Å². The van der Waals surface area contributed by atoms with Crippen LogP contribution in [0.15, 0.2) is 34.7 Å². The molecule has 1 aromatic carbocycles. The van der Waals surface area contributed by atoms with Crippen molar-refractivity contribution in [3.63, 3.8) is 0 Å². The second kappa shape index (κ2) is 8.88. The van der Waals surface area contributed by atoms with E-state index in [1.807, 2.05) is 43.7 Å². The van der Waals surface area contributed by atoms with Crippen molar-refractivity contribution in [3.05, 3.63) is 51.5 Å². The number of methoxy groups -OCH3 is 1. The predicted octanol–water partition coefficient (Wildman–Crippen LogP) is 5.70. The lowest BCUT2D eigenvalue weighted by atomic mass is 9.93.